The van der Waals surface area contributed by atoms with Crippen molar-refractivity contribution in [2.75, 3.05) is 5.32 Å². The van der Waals surface area contributed by atoms with Gasteiger partial charge in [-0.05, 0) is 48.5 Å². The molecule has 1 N–H and O–H groups in total. The van der Waals surface area contributed by atoms with Crippen LogP contribution in [0.1, 0.15) is 5.76 Å². The molecule has 0 aliphatic heterocycles. The summed E-state index contributed by atoms with van der Waals surface area (Å²) in [5.74, 6) is 0.797. The lowest BCUT2D eigenvalue weighted by Crippen LogP contribution is -2.07. The van der Waals surface area contributed by atoms with Gasteiger partial charge in [-0.3, -0.25) is 10.1 Å². The number of thiazole rings is 1. The summed E-state index contributed by atoms with van der Waals surface area (Å²) in [6.07, 6.45) is 2.96. The molecule has 8 heteroatoms. The zero-order valence-electron chi connectivity index (χ0n) is 15.2. The van der Waals surface area contributed by atoms with Crippen LogP contribution >= 0.6 is 46.1 Å². The Labute approximate surface area is 191 Å². The van der Waals surface area contributed by atoms with Crippen LogP contribution in [0.2, 0.25) is 15.1 Å². The molecule has 1 amide bonds. The van der Waals surface area contributed by atoms with Crippen molar-refractivity contribution in [1.29, 1.82) is 0 Å². The Balaban J connectivity index is 1.41. The van der Waals surface area contributed by atoms with Crippen LogP contribution in [0.15, 0.2) is 70.5 Å². The van der Waals surface area contributed by atoms with Gasteiger partial charge in [-0.15, -0.1) is 11.3 Å². The van der Waals surface area contributed by atoms with Gasteiger partial charge in [0.2, 0.25) is 5.91 Å². The summed E-state index contributed by atoms with van der Waals surface area (Å²) >= 11 is 19.4. The van der Waals surface area contributed by atoms with E-state index < -0.39 is 0 Å². The zero-order valence-corrected chi connectivity index (χ0v) is 18.3. The normalized spacial score (nSPS) is 11.2. The van der Waals surface area contributed by atoms with E-state index in [0.717, 1.165) is 16.8 Å². The zero-order chi connectivity index (χ0) is 21.1. The molecule has 0 radical (unpaired) electrons. The molecule has 4 aromatic rings. The number of halogens is 3. The first-order valence-electron chi connectivity index (χ1n) is 8.74. The predicted octanol–water partition coefficient (Wildman–Crippen LogP) is 7.68. The minimum absolute atomic E-state index is 0.311. The molecule has 0 spiro atoms. The van der Waals surface area contributed by atoms with Crippen molar-refractivity contribution >= 4 is 63.3 Å². The van der Waals surface area contributed by atoms with Gasteiger partial charge in [0, 0.05) is 32.6 Å². The van der Waals surface area contributed by atoms with Gasteiger partial charge < -0.3 is 4.42 Å². The van der Waals surface area contributed by atoms with Crippen molar-refractivity contribution in [3.63, 3.8) is 0 Å². The fourth-order valence-electron chi connectivity index (χ4n) is 2.67. The van der Waals surface area contributed by atoms with E-state index in [1.54, 1.807) is 48.5 Å². The van der Waals surface area contributed by atoms with Crippen molar-refractivity contribution in [1.82, 2.24) is 4.98 Å². The highest BCUT2D eigenvalue weighted by Gasteiger charge is 2.09. The third-order valence-electron chi connectivity index (χ3n) is 4.10. The lowest BCUT2D eigenvalue weighted by Gasteiger charge is -2.00. The van der Waals surface area contributed by atoms with Crippen LogP contribution < -0.4 is 5.32 Å². The van der Waals surface area contributed by atoms with E-state index >= 15 is 0 Å². The number of nitrogens with one attached hydrogen (secondary N) is 1. The van der Waals surface area contributed by atoms with E-state index in [-0.39, 0.29) is 5.91 Å². The van der Waals surface area contributed by atoms with Crippen LogP contribution in [0.3, 0.4) is 0 Å². The van der Waals surface area contributed by atoms with E-state index in [1.807, 2.05) is 17.5 Å². The first-order chi connectivity index (χ1) is 14.5. The maximum Gasteiger partial charge on any atom is 0.250 e. The molecule has 30 heavy (non-hydrogen) atoms. The number of amides is 1. The highest BCUT2D eigenvalue weighted by Crippen LogP contribution is 2.32. The summed E-state index contributed by atoms with van der Waals surface area (Å²) in [5.41, 5.74) is 2.42. The number of furan rings is 1. The first kappa shape index (κ1) is 20.7. The number of nitrogens with zero attached hydrogens (tertiary/aromatic N) is 1. The third kappa shape index (κ3) is 4.94. The Kier molecular flexibility index (Phi) is 6.25. The van der Waals surface area contributed by atoms with Gasteiger partial charge in [-0.25, -0.2) is 4.98 Å². The topological polar surface area (TPSA) is 55.1 Å². The minimum atomic E-state index is -0.311. The molecule has 4 rings (SSSR count). The summed E-state index contributed by atoms with van der Waals surface area (Å²) in [6, 6.07) is 16.1. The van der Waals surface area contributed by atoms with Gasteiger partial charge in [0.1, 0.15) is 11.5 Å². The van der Waals surface area contributed by atoms with Crippen LogP contribution in [0.4, 0.5) is 5.13 Å². The van der Waals surface area contributed by atoms with Crippen molar-refractivity contribution < 1.29 is 9.21 Å². The second kappa shape index (κ2) is 9.06. The Bertz CT molecular complexity index is 1230. The predicted molar refractivity (Wildman–Crippen MR) is 124 cm³/mol. The summed E-state index contributed by atoms with van der Waals surface area (Å²) in [4.78, 5) is 16.6. The summed E-state index contributed by atoms with van der Waals surface area (Å²) in [6.45, 7) is 0. The van der Waals surface area contributed by atoms with E-state index in [1.165, 1.54) is 17.4 Å². The van der Waals surface area contributed by atoms with E-state index in [4.69, 9.17) is 39.2 Å². The van der Waals surface area contributed by atoms with Crippen LogP contribution in [-0.2, 0) is 4.79 Å². The SMILES string of the molecule is O=C(/C=C/c1ccc(-c2ccc(Cl)cc2Cl)o1)Nc1nc(-c2ccc(Cl)cc2)cs1. The summed E-state index contributed by atoms with van der Waals surface area (Å²) in [5, 5.41) is 6.82. The number of hydrogen-bond acceptors (Lipinski definition) is 4. The monoisotopic (exact) mass is 474 g/mol. The Hall–Kier alpha value is -2.57. The number of carbonyl (C=O) groups excluding carboxylic acids is 1. The maximum atomic E-state index is 12.2. The van der Waals surface area contributed by atoms with E-state index in [9.17, 15) is 4.79 Å². The molecule has 0 unspecified atom stereocenters. The Morgan fingerprint density at radius 3 is 2.53 bits per heavy atom. The van der Waals surface area contributed by atoms with Crippen molar-refractivity contribution in [2.45, 2.75) is 0 Å². The molecule has 2 aromatic heterocycles. The first-order valence-corrected chi connectivity index (χ1v) is 10.7. The molecule has 0 aliphatic rings. The molecule has 0 fully saturated rings. The lowest BCUT2D eigenvalue weighted by atomic mass is 10.2. The van der Waals surface area contributed by atoms with Crippen LogP contribution in [0.25, 0.3) is 28.7 Å². The molecule has 150 valence electrons. The maximum absolute atomic E-state index is 12.2. The van der Waals surface area contributed by atoms with Gasteiger partial charge in [0.15, 0.2) is 5.13 Å². The van der Waals surface area contributed by atoms with E-state index in [0.29, 0.717) is 31.7 Å². The van der Waals surface area contributed by atoms with Crippen molar-refractivity contribution in [3.8, 4) is 22.6 Å². The number of aromatic nitrogens is 1. The highest BCUT2D eigenvalue weighted by atomic mass is 35.5. The second-order valence-corrected chi connectivity index (χ2v) is 8.33. The smallest absolute Gasteiger partial charge is 0.250 e. The summed E-state index contributed by atoms with van der Waals surface area (Å²) < 4.78 is 5.74. The third-order valence-corrected chi connectivity index (χ3v) is 5.65. The van der Waals surface area contributed by atoms with Gasteiger partial charge in [-0.1, -0.05) is 46.9 Å². The largest absolute Gasteiger partial charge is 0.457 e. The molecule has 0 bridgehead atoms. The van der Waals surface area contributed by atoms with E-state index in [2.05, 4.69) is 10.3 Å². The van der Waals surface area contributed by atoms with Crippen molar-refractivity contribution in [2.24, 2.45) is 0 Å². The molecule has 2 aromatic carbocycles. The van der Waals surface area contributed by atoms with Gasteiger partial charge >= 0.3 is 0 Å². The molecule has 2 heterocycles. The molecular formula is C22H13Cl3N2O2S. The van der Waals surface area contributed by atoms with Crippen LogP contribution in [0.5, 0.6) is 0 Å². The quantitative estimate of drug-likeness (QED) is 0.301. The number of rotatable bonds is 5. The standard InChI is InChI=1S/C22H13Cl3N2O2S/c23-14-3-1-13(2-4-14)19-12-30-22(26-19)27-21(28)10-7-16-6-9-20(29-16)17-8-5-15(24)11-18(17)25/h1-12H,(H,26,27,28)/b10-7+. The average Bonchev–Trinajstić information content (AvgIpc) is 3.37. The molecule has 0 saturated carbocycles. The Morgan fingerprint density at radius 1 is 1.00 bits per heavy atom. The number of hydrogen-bond donors (Lipinski definition) is 1. The van der Waals surface area contributed by atoms with Gasteiger partial charge in [0.25, 0.3) is 0 Å². The molecular weight excluding hydrogens is 463 g/mol. The molecule has 4 nitrogen and oxygen atoms in total. The molecule has 0 aliphatic carbocycles. The molecule has 0 saturated heterocycles. The second-order valence-electron chi connectivity index (χ2n) is 6.19. The minimum Gasteiger partial charge on any atom is -0.457 e. The fourth-order valence-corrected chi connectivity index (χ4v) is 4.02. The highest BCUT2D eigenvalue weighted by molar-refractivity contribution is 7.14. The van der Waals surface area contributed by atoms with Crippen LogP contribution in [0, 0.1) is 0 Å². The van der Waals surface area contributed by atoms with Gasteiger partial charge in [0.05, 0.1) is 10.7 Å². The fraction of sp³-hybridized carbons (Fsp3) is 0. The van der Waals surface area contributed by atoms with Gasteiger partial charge in [-0.2, -0.15) is 0 Å². The summed E-state index contributed by atoms with van der Waals surface area (Å²) in [7, 11) is 0. The van der Waals surface area contributed by atoms with Crippen LogP contribution in [-0.4, -0.2) is 10.9 Å². The number of carbonyl (C=O) groups is 1. The Morgan fingerprint density at radius 2 is 1.77 bits per heavy atom. The number of benzene rings is 2. The average molecular weight is 476 g/mol. The molecule has 0 atom stereocenters. The van der Waals surface area contributed by atoms with Crippen molar-refractivity contribution in [3.05, 3.63) is 86.9 Å². The number of anilines is 1. The lowest BCUT2D eigenvalue weighted by molar-refractivity contribution is -0.111.